The van der Waals surface area contributed by atoms with Gasteiger partial charge >= 0.3 is 0 Å². The fraction of sp³-hybridized carbons (Fsp3) is 0. The lowest BCUT2D eigenvalue weighted by Crippen LogP contribution is -1.87. The molecule has 0 spiro atoms. The van der Waals surface area contributed by atoms with E-state index in [4.69, 9.17) is 0 Å². The summed E-state index contributed by atoms with van der Waals surface area (Å²) in [6, 6.07) is 17.0. The van der Waals surface area contributed by atoms with E-state index >= 15 is 0 Å². The largest absolute Gasteiger partial charge is 0.0616 e. The Labute approximate surface area is 95.6 Å². The van der Waals surface area contributed by atoms with Crippen LogP contribution in [-0.4, -0.2) is 0 Å². The molecule has 2 aromatic rings. The summed E-state index contributed by atoms with van der Waals surface area (Å²) in [7, 11) is 0. The monoisotopic (exact) mass is 204 g/mol. The van der Waals surface area contributed by atoms with E-state index in [1.54, 1.807) is 0 Å². The summed E-state index contributed by atoms with van der Waals surface area (Å²) in [6.45, 7) is 0. The molecule has 0 saturated heterocycles. The molecule has 76 valence electrons. The van der Waals surface area contributed by atoms with E-state index in [1.165, 1.54) is 22.3 Å². The highest BCUT2D eigenvalue weighted by Gasteiger charge is 2.06. The van der Waals surface area contributed by atoms with Gasteiger partial charge in [0, 0.05) is 0 Å². The van der Waals surface area contributed by atoms with Crippen LogP contribution in [0.2, 0.25) is 0 Å². The summed E-state index contributed by atoms with van der Waals surface area (Å²) in [4.78, 5) is 0. The number of fused-ring (bicyclic) bond motifs is 3. The maximum atomic E-state index is 2.18. The van der Waals surface area contributed by atoms with Crippen molar-refractivity contribution in [2.45, 2.75) is 0 Å². The van der Waals surface area contributed by atoms with Gasteiger partial charge in [0.05, 0.1) is 0 Å². The molecule has 16 heavy (non-hydrogen) atoms. The molecular weight excluding hydrogens is 192 g/mol. The quantitative estimate of drug-likeness (QED) is 0.597. The highest BCUT2D eigenvalue weighted by molar-refractivity contribution is 5.83. The van der Waals surface area contributed by atoms with E-state index in [0.717, 1.165) is 0 Å². The number of benzene rings is 2. The lowest BCUT2D eigenvalue weighted by molar-refractivity contribution is 1.56. The minimum absolute atomic E-state index is 1.28. The van der Waals surface area contributed by atoms with Gasteiger partial charge in [0.1, 0.15) is 0 Å². The summed E-state index contributed by atoms with van der Waals surface area (Å²) in [6.07, 6.45) is 8.49. The minimum Gasteiger partial charge on any atom is -0.0616 e. The Kier molecular flexibility index (Phi) is 2.19. The maximum Gasteiger partial charge on any atom is -0.0105 e. The summed E-state index contributed by atoms with van der Waals surface area (Å²) in [5.41, 5.74) is 5.16. The van der Waals surface area contributed by atoms with Crippen molar-refractivity contribution in [2.24, 2.45) is 0 Å². The molecule has 1 aliphatic rings. The first-order valence-corrected chi connectivity index (χ1v) is 5.48. The molecule has 0 unspecified atom stereocenters. The highest BCUT2D eigenvalue weighted by Crippen LogP contribution is 2.29. The van der Waals surface area contributed by atoms with Crippen molar-refractivity contribution in [3.63, 3.8) is 0 Å². The summed E-state index contributed by atoms with van der Waals surface area (Å²) < 4.78 is 0. The van der Waals surface area contributed by atoms with Crippen LogP contribution in [0.15, 0.2) is 60.7 Å². The molecule has 2 aromatic carbocycles. The van der Waals surface area contributed by atoms with Crippen molar-refractivity contribution in [2.75, 3.05) is 0 Å². The van der Waals surface area contributed by atoms with Crippen molar-refractivity contribution in [3.8, 4) is 11.1 Å². The number of hydrogen-bond acceptors (Lipinski definition) is 0. The third-order valence-corrected chi connectivity index (χ3v) is 2.87. The third-order valence-electron chi connectivity index (χ3n) is 2.87. The summed E-state index contributed by atoms with van der Waals surface area (Å²) in [5, 5.41) is 0. The SMILES string of the molecule is C1=Cc2ccccc2-c2ccccc2/C=C\1. The Balaban J connectivity index is 2.34. The first-order valence-electron chi connectivity index (χ1n) is 5.48. The molecule has 0 aliphatic heterocycles. The van der Waals surface area contributed by atoms with Gasteiger partial charge in [-0.2, -0.15) is 0 Å². The predicted octanol–water partition coefficient (Wildman–Crippen LogP) is 4.39. The molecule has 0 heterocycles. The molecule has 0 N–H and O–H groups in total. The van der Waals surface area contributed by atoms with Gasteiger partial charge in [-0.3, -0.25) is 0 Å². The fourth-order valence-electron chi connectivity index (χ4n) is 2.09. The van der Waals surface area contributed by atoms with Crippen LogP contribution >= 0.6 is 0 Å². The van der Waals surface area contributed by atoms with E-state index < -0.39 is 0 Å². The van der Waals surface area contributed by atoms with E-state index in [9.17, 15) is 0 Å². The Morgan fingerprint density at radius 1 is 0.500 bits per heavy atom. The smallest absolute Gasteiger partial charge is 0.0105 e. The van der Waals surface area contributed by atoms with Gasteiger partial charge in [-0.15, -0.1) is 0 Å². The first-order chi connectivity index (χ1) is 7.95. The topological polar surface area (TPSA) is 0 Å². The number of hydrogen-bond donors (Lipinski definition) is 0. The maximum absolute atomic E-state index is 2.18. The molecule has 3 rings (SSSR count). The van der Waals surface area contributed by atoms with Gasteiger partial charge in [-0.25, -0.2) is 0 Å². The van der Waals surface area contributed by atoms with Gasteiger partial charge in [0.25, 0.3) is 0 Å². The van der Waals surface area contributed by atoms with Crippen LogP contribution in [0.5, 0.6) is 0 Å². The van der Waals surface area contributed by atoms with Crippen molar-refractivity contribution in [1.82, 2.24) is 0 Å². The van der Waals surface area contributed by atoms with Crippen LogP contribution < -0.4 is 0 Å². The highest BCUT2D eigenvalue weighted by atomic mass is 14.1. The van der Waals surface area contributed by atoms with Gasteiger partial charge in [-0.1, -0.05) is 72.8 Å². The zero-order chi connectivity index (χ0) is 10.8. The standard InChI is InChI=1S/C16H12/c1-2-8-14-10-4-6-12-16(14)15-11-5-3-9-13(15)7-1/h1-12H/b2-1?,7-1-,8-2?,13-7?,14-8?,16-15?. The zero-order valence-corrected chi connectivity index (χ0v) is 8.93. The van der Waals surface area contributed by atoms with Crippen LogP contribution in [0.3, 0.4) is 0 Å². The Morgan fingerprint density at radius 2 is 0.938 bits per heavy atom. The minimum atomic E-state index is 1.28. The predicted molar refractivity (Wildman–Crippen MR) is 69.9 cm³/mol. The van der Waals surface area contributed by atoms with Gasteiger partial charge in [0.2, 0.25) is 0 Å². The van der Waals surface area contributed by atoms with Crippen molar-refractivity contribution in [1.29, 1.82) is 0 Å². The second kappa shape index (κ2) is 3.82. The van der Waals surface area contributed by atoms with E-state index in [-0.39, 0.29) is 0 Å². The normalized spacial score (nSPS) is 14.5. The number of rotatable bonds is 0. The Morgan fingerprint density at radius 3 is 1.44 bits per heavy atom. The van der Waals surface area contributed by atoms with Gasteiger partial charge < -0.3 is 0 Å². The second-order valence-electron chi connectivity index (χ2n) is 3.89. The van der Waals surface area contributed by atoms with Gasteiger partial charge in [0.15, 0.2) is 0 Å². The van der Waals surface area contributed by atoms with E-state index in [0.29, 0.717) is 0 Å². The number of allylic oxidation sites excluding steroid dienone is 2. The van der Waals surface area contributed by atoms with Crippen LogP contribution in [0.4, 0.5) is 0 Å². The third kappa shape index (κ3) is 1.49. The molecular formula is C16H12. The van der Waals surface area contributed by atoms with Crippen LogP contribution in [0, 0.1) is 0 Å². The molecule has 0 atom stereocenters. The molecule has 0 bridgehead atoms. The first kappa shape index (κ1) is 9.17. The van der Waals surface area contributed by atoms with Crippen molar-refractivity contribution in [3.05, 3.63) is 71.8 Å². The van der Waals surface area contributed by atoms with E-state index in [2.05, 4.69) is 72.8 Å². The molecule has 0 aromatic heterocycles. The Hall–Kier alpha value is -2.08. The van der Waals surface area contributed by atoms with Crippen LogP contribution in [0.1, 0.15) is 11.1 Å². The van der Waals surface area contributed by atoms with E-state index in [1.807, 2.05) is 0 Å². The zero-order valence-electron chi connectivity index (χ0n) is 8.93. The second-order valence-corrected chi connectivity index (χ2v) is 3.89. The van der Waals surface area contributed by atoms with Crippen LogP contribution in [-0.2, 0) is 0 Å². The van der Waals surface area contributed by atoms with Gasteiger partial charge in [-0.05, 0) is 22.3 Å². The molecule has 0 amide bonds. The average molecular weight is 204 g/mol. The Bertz CT molecular complexity index is 521. The molecule has 0 heteroatoms. The summed E-state index contributed by atoms with van der Waals surface area (Å²) >= 11 is 0. The molecule has 1 aliphatic carbocycles. The molecule has 0 nitrogen and oxygen atoms in total. The summed E-state index contributed by atoms with van der Waals surface area (Å²) in [5.74, 6) is 0. The average Bonchev–Trinajstić information content (AvgIpc) is 2.33. The fourth-order valence-corrected chi connectivity index (χ4v) is 2.09. The molecule has 0 radical (unpaired) electrons. The lowest BCUT2D eigenvalue weighted by atomic mass is 9.93. The van der Waals surface area contributed by atoms with Crippen LogP contribution in [0.25, 0.3) is 23.3 Å². The molecule has 0 saturated carbocycles. The van der Waals surface area contributed by atoms with Crippen molar-refractivity contribution < 1.29 is 0 Å². The lowest BCUT2D eigenvalue weighted by Gasteiger charge is -2.11. The van der Waals surface area contributed by atoms with Crippen molar-refractivity contribution >= 4 is 12.2 Å². The molecule has 0 fully saturated rings.